The van der Waals surface area contributed by atoms with Gasteiger partial charge >= 0.3 is 0 Å². The van der Waals surface area contributed by atoms with Crippen molar-refractivity contribution in [3.05, 3.63) is 115 Å². The fourth-order valence-electron chi connectivity index (χ4n) is 3.31. The molecule has 4 aromatic rings. The molecular formula is C24H17ClN4O4. The van der Waals surface area contributed by atoms with Crippen molar-refractivity contribution >= 4 is 29.0 Å². The third-order valence-corrected chi connectivity index (χ3v) is 5.21. The van der Waals surface area contributed by atoms with Crippen LogP contribution in [-0.2, 0) is 0 Å². The third kappa shape index (κ3) is 4.51. The van der Waals surface area contributed by atoms with Gasteiger partial charge in [-0.25, -0.2) is 4.68 Å². The molecule has 8 nitrogen and oxygen atoms in total. The Morgan fingerprint density at radius 1 is 1.00 bits per heavy atom. The van der Waals surface area contributed by atoms with Crippen LogP contribution in [0.25, 0.3) is 16.8 Å². The lowest BCUT2D eigenvalue weighted by molar-refractivity contribution is -0.384. The SMILES string of the molecule is Cc1nn(-c2ccc(Cl)cc2)c(NC(=O)c2ccc([N+](=O)[O-])cc2)c(-c2ccccc2)c1=O. The van der Waals surface area contributed by atoms with E-state index >= 15 is 0 Å². The zero-order valence-corrected chi connectivity index (χ0v) is 18.1. The number of benzene rings is 3. The molecule has 1 heterocycles. The van der Waals surface area contributed by atoms with Gasteiger partial charge < -0.3 is 5.32 Å². The zero-order valence-electron chi connectivity index (χ0n) is 17.4. The lowest BCUT2D eigenvalue weighted by Crippen LogP contribution is -2.24. The standard InChI is InChI=1S/C24H17ClN4O4/c1-15-22(30)21(16-5-3-2-4-6-16)23(28(27-15)19-13-9-18(25)10-14-19)26-24(31)17-7-11-20(12-8-17)29(32)33/h2-14H,1H3,(H,26,31). The topological polar surface area (TPSA) is 107 Å². The monoisotopic (exact) mass is 460 g/mol. The molecule has 0 bridgehead atoms. The summed E-state index contributed by atoms with van der Waals surface area (Å²) in [5.74, 6) is -0.377. The third-order valence-electron chi connectivity index (χ3n) is 4.96. The number of aryl methyl sites for hydroxylation is 1. The molecule has 0 aliphatic carbocycles. The molecule has 3 aromatic carbocycles. The van der Waals surface area contributed by atoms with Crippen LogP contribution in [0, 0.1) is 17.0 Å². The Morgan fingerprint density at radius 3 is 2.24 bits per heavy atom. The summed E-state index contributed by atoms with van der Waals surface area (Å²) in [4.78, 5) is 36.6. The van der Waals surface area contributed by atoms with Crippen molar-refractivity contribution < 1.29 is 9.72 Å². The number of carbonyl (C=O) groups excluding carboxylic acids is 1. The second-order valence-electron chi connectivity index (χ2n) is 7.15. The van der Waals surface area contributed by atoms with Crippen LogP contribution < -0.4 is 10.7 Å². The van der Waals surface area contributed by atoms with Gasteiger partial charge in [-0.05, 0) is 48.9 Å². The second kappa shape index (κ2) is 9.05. The molecule has 0 unspecified atom stereocenters. The van der Waals surface area contributed by atoms with Crippen molar-refractivity contribution in [1.29, 1.82) is 0 Å². The van der Waals surface area contributed by atoms with E-state index in [9.17, 15) is 19.7 Å². The van der Waals surface area contributed by atoms with Crippen molar-refractivity contribution in [2.75, 3.05) is 5.32 Å². The zero-order chi connectivity index (χ0) is 23.5. The number of anilines is 1. The molecule has 33 heavy (non-hydrogen) atoms. The Morgan fingerprint density at radius 2 is 1.64 bits per heavy atom. The summed E-state index contributed by atoms with van der Waals surface area (Å²) in [6.07, 6.45) is 0. The molecular weight excluding hydrogens is 444 g/mol. The van der Waals surface area contributed by atoms with E-state index in [0.717, 1.165) is 0 Å². The molecule has 0 radical (unpaired) electrons. The molecule has 1 amide bonds. The van der Waals surface area contributed by atoms with E-state index in [1.54, 1.807) is 55.5 Å². The highest BCUT2D eigenvalue weighted by Crippen LogP contribution is 2.28. The normalized spacial score (nSPS) is 10.6. The number of nitrogens with zero attached hydrogens (tertiary/aromatic N) is 3. The largest absolute Gasteiger partial charge is 0.306 e. The summed E-state index contributed by atoms with van der Waals surface area (Å²) in [5, 5.41) is 18.6. The maximum Gasteiger partial charge on any atom is 0.269 e. The summed E-state index contributed by atoms with van der Waals surface area (Å²) >= 11 is 6.02. The molecule has 4 rings (SSSR count). The Hall–Kier alpha value is -4.30. The first-order chi connectivity index (χ1) is 15.8. The van der Waals surface area contributed by atoms with Gasteiger partial charge in [0.25, 0.3) is 11.6 Å². The van der Waals surface area contributed by atoms with E-state index < -0.39 is 10.8 Å². The lowest BCUT2D eigenvalue weighted by atomic mass is 10.0. The number of nitro groups is 1. The van der Waals surface area contributed by atoms with Gasteiger partial charge in [-0.15, -0.1) is 0 Å². The number of amides is 1. The maximum atomic E-state index is 13.1. The molecule has 0 aliphatic rings. The van der Waals surface area contributed by atoms with Gasteiger partial charge in [0.05, 0.1) is 16.2 Å². The number of hydrogen-bond acceptors (Lipinski definition) is 5. The van der Waals surface area contributed by atoms with Gasteiger partial charge in [0, 0.05) is 22.7 Å². The van der Waals surface area contributed by atoms with E-state index in [1.165, 1.54) is 28.9 Å². The minimum Gasteiger partial charge on any atom is -0.306 e. The van der Waals surface area contributed by atoms with Crippen LogP contribution in [0.3, 0.4) is 0 Å². The summed E-state index contributed by atoms with van der Waals surface area (Å²) in [6, 6.07) is 20.9. The quantitative estimate of drug-likeness (QED) is 0.332. The van der Waals surface area contributed by atoms with Gasteiger partial charge in [0.1, 0.15) is 11.5 Å². The first-order valence-electron chi connectivity index (χ1n) is 9.86. The molecule has 1 aromatic heterocycles. The van der Waals surface area contributed by atoms with Gasteiger partial charge in [-0.1, -0.05) is 41.9 Å². The second-order valence-corrected chi connectivity index (χ2v) is 7.59. The average molecular weight is 461 g/mol. The average Bonchev–Trinajstić information content (AvgIpc) is 2.82. The fourth-order valence-corrected chi connectivity index (χ4v) is 3.44. The van der Waals surface area contributed by atoms with Gasteiger partial charge in [-0.3, -0.25) is 19.7 Å². The minimum absolute atomic E-state index is 0.133. The summed E-state index contributed by atoms with van der Waals surface area (Å²) in [5.41, 5.74) is 1.44. The molecule has 1 N–H and O–H groups in total. The Labute approximate surface area is 193 Å². The number of rotatable bonds is 5. The van der Waals surface area contributed by atoms with Crippen LogP contribution >= 0.6 is 11.6 Å². The van der Waals surface area contributed by atoms with E-state index in [1.807, 2.05) is 6.07 Å². The van der Waals surface area contributed by atoms with E-state index in [-0.39, 0.29) is 33.8 Å². The molecule has 9 heteroatoms. The highest BCUT2D eigenvalue weighted by Gasteiger charge is 2.21. The Balaban J connectivity index is 1.89. The molecule has 164 valence electrons. The van der Waals surface area contributed by atoms with E-state index in [2.05, 4.69) is 10.4 Å². The summed E-state index contributed by atoms with van der Waals surface area (Å²) in [6.45, 7) is 1.60. The van der Waals surface area contributed by atoms with Crippen molar-refractivity contribution in [1.82, 2.24) is 9.78 Å². The predicted octanol–water partition coefficient (Wildman–Crippen LogP) is 5.02. The van der Waals surface area contributed by atoms with E-state index in [0.29, 0.717) is 16.3 Å². The number of halogens is 1. The number of carbonyl (C=O) groups is 1. The number of nitrogens with one attached hydrogen (secondary N) is 1. The van der Waals surface area contributed by atoms with E-state index in [4.69, 9.17) is 11.6 Å². The lowest BCUT2D eigenvalue weighted by Gasteiger charge is -2.18. The van der Waals surface area contributed by atoms with Gasteiger partial charge in [0.15, 0.2) is 0 Å². The summed E-state index contributed by atoms with van der Waals surface area (Å²) < 4.78 is 1.47. The Kier molecular flexibility index (Phi) is 6.01. The molecule has 0 spiro atoms. The minimum atomic E-state index is -0.546. The molecule has 0 saturated carbocycles. The Bertz CT molecular complexity index is 1400. The number of nitro benzene ring substituents is 1. The van der Waals surface area contributed by atoms with Gasteiger partial charge in [-0.2, -0.15) is 5.10 Å². The maximum absolute atomic E-state index is 13.1. The van der Waals surface area contributed by atoms with Crippen molar-refractivity contribution in [2.45, 2.75) is 6.92 Å². The highest BCUT2D eigenvalue weighted by atomic mass is 35.5. The number of hydrogen-bond donors (Lipinski definition) is 1. The highest BCUT2D eigenvalue weighted by molar-refractivity contribution is 6.30. The first kappa shape index (κ1) is 21.9. The van der Waals surface area contributed by atoms with Crippen molar-refractivity contribution in [3.8, 4) is 16.8 Å². The van der Waals surface area contributed by atoms with Crippen molar-refractivity contribution in [3.63, 3.8) is 0 Å². The van der Waals surface area contributed by atoms with Crippen LogP contribution in [0.5, 0.6) is 0 Å². The summed E-state index contributed by atoms with van der Waals surface area (Å²) in [7, 11) is 0. The predicted molar refractivity (Wildman–Crippen MR) is 126 cm³/mol. The van der Waals surface area contributed by atoms with Crippen molar-refractivity contribution in [2.24, 2.45) is 0 Å². The fraction of sp³-hybridized carbons (Fsp3) is 0.0417. The smallest absolute Gasteiger partial charge is 0.269 e. The molecule has 0 atom stereocenters. The van der Waals surface area contributed by atoms with Crippen LogP contribution in [0.2, 0.25) is 5.02 Å². The number of non-ortho nitro benzene ring substituents is 1. The molecule has 0 aliphatic heterocycles. The molecule has 0 saturated heterocycles. The van der Waals surface area contributed by atoms with Crippen LogP contribution in [0.15, 0.2) is 83.7 Å². The number of aromatic nitrogens is 2. The molecule has 0 fully saturated rings. The first-order valence-corrected chi connectivity index (χ1v) is 10.2. The van der Waals surface area contributed by atoms with Crippen LogP contribution in [0.1, 0.15) is 16.1 Å². The van der Waals surface area contributed by atoms with Crippen LogP contribution in [0.4, 0.5) is 11.5 Å². The van der Waals surface area contributed by atoms with Gasteiger partial charge in [0.2, 0.25) is 5.43 Å². The van der Waals surface area contributed by atoms with Crippen LogP contribution in [-0.4, -0.2) is 20.6 Å².